The van der Waals surface area contributed by atoms with Gasteiger partial charge in [0.05, 0.1) is 28.5 Å². The van der Waals surface area contributed by atoms with Crippen LogP contribution < -0.4 is 15.4 Å². The number of ether oxygens (including phenoxy) is 1. The van der Waals surface area contributed by atoms with E-state index in [0.717, 1.165) is 34.6 Å². The Morgan fingerprint density at radius 3 is 2.50 bits per heavy atom. The van der Waals surface area contributed by atoms with Gasteiger partial charge in [0.1, 0.15) is 0 Å². The highest BCUT2D eigenvalue weighted by Gasteiger charge is 2.36. The van der Waals surface area contributed by atoms with Crippen LogP contribution in [0.4, 0.5) is 11.4 Å². The summed E-state index contributed by atoms with van der Waals surface area (Å²) in [5, 5.41) is 17.6. The molecule has 0 aromatic heterocycles. The zero-order valence-corrected chi connectivity index (χ0v) is 20.8. The van der Waals surface area contributed by atoms with Gasteiger partial charge in [-0.2, -0.15) is 0 Å². The van der Waals surface area contributed by atoms with Gasteiger partial charge in [-0.05, 0) is 77.5 Å². The molecule has 5 rings (SSSR count). The molecular weight excluding hydrogens is 492 g/mol. The second-order valence-electron chi connectivity index (χ2n) is 8.86. The van der Waals surface area contributed by atoms with E-state index in [4.69, 9.17) is 4.74 Å². The second kappa shape index (κ2) is 9.18. The Bertz CT molecular complexity index is 1280. The molecule has 2 unspecified atom stereocenters. The Hall–Kier alpha value is -3.25. The van der Waals surface area contributed by atoms with E-state index in [1.807, 2.05) is 43.3 Å². The predicted molar refractivity (Wildman–Crippen MR) is 139 cm³/mol. The molecule has 174 valence electrons. The van der Waals surface area contributed by atoms with Crippen LogP contribution in [0.25, 0.3) is 0 Å². The Labute approximate surface area is 208 Å². The number of ketones is 1. The van der Waals surface area contributed by atoms with E-state index in [-0.39, 0.29) is 23.5 Å². The zero-order chi connectivity index (χ0) is 23.8. The first-order valence-corrected chi connectivity index (χ1v) is 12.3. The summed E-state index contributed by atoms with van der Waals surface area (Å²) in [6, 6.07) is 19.8. The molecule has 0 bridgehead atoms. The molecule has 0 amide bonds. The highest BCUT2D eigenvalue weighted by atomic mass is 79.9. The fraction of sp³-hybridized carbons (Fsp3) is 0.250. The summed E-state index contributed by atoms with van der Waals surface area (Å²) >= 11 is 3.46. The molecule has 1 aliphatic heterocycles. The quantitative estimate of drug-likeness (QED) is 0.352. The number of hydrogen-bond acceptors (Lipinski definition) is 5. The van der Waals surface area contributed by atoms with Crippen molar-refractivity contribution in [1.29, 1.82) is 0 Å². The van der Waals surface area contributed by atoms with Gasteiger partial charge >= 0.3 is 0 Å². The van der Waals surface area contributed by atoms with E-state index in [1.165, 1.54) is 11.1 Å². The molecule has 5 nitrogen and oxygen atoms in total. The normalized spacial score (nSPS) is 19.4. The molecule has 1 aliphatic carbocycles. The number of aromatic hydroxyl groups is 1. The van der Waals surface area contributed by atoms with Gasteiger partial charge in [-0.1, -0.05) is 42.0 Å². The van der Waals surface area contributed by atoms with E-state index in [2.05, 4.69) is 57.8 Å². The number of allylic oxidation sites excluding steroid dienone is 1. The molecule has 3 aromatic carbocycles. The van der Waals surface area contributed by atoms with Crippen molar-refractivity contribution in [1.82, 2.24) is 0 Å². The van der Waals surface area contributed by atoms with Crippen molar-refractivity contribution in [3.05, 3.63) is 93.1 Å². The van der Waals surface area contributed by atoms with Crippen molar-refractivity contribution in [2.24, 2.45) is 0 Å². The molecule has 2 atom stereocenters. The molecule has 6 heteroatoms. The van der Waals surface area contributed by atoms with Crippen LogP contribution in [0.1, 0.15) is 48.4 Å². The minimum Gasteiger partial charge on any atom is -0.503 e. The summed E-state index contributed by atoms with van der Waals surface area (Å²) in [7, 11) is 0. The summed E-state index contributed by atoms with van der Waals surface area (Å²) in [6.45, 7) is 4.38. The van der Waals surface area contributed by atoms with Crippen LogP contribution in [0.3, 0.4) is 0 Å². The number of fused-ring (bicyclic) bond motifs is 1. The van der Waals surface area contributed by atoms with Crippen LogP contribution in [0.2, 0.25) is 0 Å². The van der Waals surface area contributed by atoms with Crippen LogP contribution >= 0.6 is 15.9 Å². The number of rotatable bonds is 4. The molecule has 0 saturated carbocycles. The molecule has 0 spiro atoms. The van der Waals surface area contributed by atoms with E-state index in [0.29, 0.717) is 23.2 Å². The molecule has 0 fully saturated rings. The lowest BCUT2D eigenvalue weighted by molar-refractivity contribution is -0.116. The van der Waals surface area contributed by atoms with Crippen LogP contribution in [0.5, 0.6) is 11.5 Å². The van der Waals surface area contributed by atoms with Crippen LogP contribution in [0, 0.1) is 6.92 Å². The van der Waals surface area contributed by atoms with E-state index < -0.39 is 0 Å². The lowest BCUT2D eigenvalue weighted by Crippen LogP contribution is -2.27. The largest absolute Gasteiger partial charge is 0.503 e. The number of halogens is 1. The van der Waals surface area contributed by atoms with Crippen LogP contribution in [-0.4, -0.2) is 17.5 Å². The summed E-state index contributed by atoms with van der Waals surface area (Å²) in [6.07, 6.45) is 1.20. The number of para-hydroxylation sites is 2. The van der Waals surface area contributed by atoms with Crippen LogP contribution in [0.15, 0.2) is 76.4 Å². The van der Waals surface area contributed by atoms with Gasteiger partial charge in [-0.15, -0.1) is 0 Å². The van der Waals surface area contributed by atoms with Gasteiger partial charge in [-0.25, -0.2) is 0 Å². The number of Topliss-reactive ketones (excluding diaryl/α,β-unsaturated/α-hetero) is 1. The molecular formula is C28H27BrN2O3. The zero-order valence-electron chi connectivity index (χ0n) is 19.2. The maximum Gasteiger partial charge on any atom is 0.172 e. The van der Waals surface area contributed by atoms with Gasteiger partial charge in [0.25, 0.3) is 0 Å². The van der Waals surface area contributed by atoms with Crippen molar-refractivity contribution < 1.29 is 14.6 Å². The maximum absolute atomic E-state index is 13.7. The second-order valence-corrected chi connectivity index (χ2v) is 9.72. The number of benzene rings is 3. The number of nitrogens with one attached hydrogen (secondary N) is 2. The first-order chi connectivity index (χ1) is 16.4. The van der Waals surface area contributed by atoms with Gasteiger partial charge < -0.3 is 20.5 Å². The molecule has 0 saturated heterocycles. The Kier molecular flexibility index (Phi) is 6.09. The molecule has 3 N–H and O–H groups in total. The first-order valence-electron chi connectivity index (χ1n) is 11.5. The Balaban J connectivity index is 1.62. The summed E-state index contributed by atoms with van der Waals surface area (Å²) in [4.78, 5) is 13.7. The predicted octanol–water partition coefficient (Wildman–Crippen LogP) is 6.84. The van der Waals surface area contributed by atoms with Gasteiger partial charge in [0.15, 0.2) is 17.3 Å². The number of anilines is 2. The SMILES string of the molecule is CCOc1cc(C2Nc3ccccc3NC3=C2C(=O)CC(c2ccc(C)cc2)C3)cc(Br)c1O. The van der Waals surface area contributed by atoms with Crippen LogP contribution in [-0.2, 0) is 4.79 Å². The fourth-order valence-corrected chi connectivity index (χ4v) is 5.30. The number of hydrogen-bond donors (Lipinski definition) is 3. The topological polar surface area (TPSA) is 70.6 Å². The summed E-state index contributed by atoms with van der Waals surface area (Å²) < 4.78 is 6.20. The van der Waals surface area contributed by atoms with E-state index >= 15 is 0 Å². The third kappa shape index (κ3) is 4.18. The van der Waals surface area contributed by atoms with Gasteiger partial charge in [0.2, 0.25) is 0 Å². The third-order valence-electron chi connectivity index (χ3n) is 6.54. The average Bonchev–Trinajstić information content (AvgIpc) is 2.99. The molecule has 1 heterocycles. The van der Waals surface area contributed by atoms with Crippen molar-refractivity contribution in [2.45, 2.75) is 38.6 Å². The lowest BCUT2D eigenvalue weighted by atomic mass is 9.78. The number of phenols is 1. The maximum atomic E-state index is 13.7. The number of phenolic OH excluding ortho intramolecular Hbond substituents is 1. The van der Waals surface area contributed by atoms with E-state index in [1.54, 1.807) is 0 Å². The van der Waals surface area contributed by atoms with Gasteiger partial charge in [-0.3, -0.25) is 4.79 Å². The first kappa shape index (κ1) is 22.5. The smallest absolute Gasteiger partial charge is 0.172 e. The monoisotopic (exact) mass is 518 g/mol. The van der Waals surface area contributed by atoms with E-state index in [9.17, 15) is 9.90 Å². The number of carbonyl (C=O) groups excluding carboxylic acids is 1. The average molecular weight is 519 g/mol. The summed E-state index contributed by atoms with van der Waals surface area (Å²) in [5.74, 6) is 0.686. The highest BCUT2D eigenvalue weighted by Crippen LogP contribution is 2.46. The Morgan fingerprint density at radius 2 is 1.76 bits per heavy atom. The lowest BCUT2D eigenvalue weighted by Gasteiger charge is -2.30. The standard InChI is InChI=1S/C28H27BrN2O3/c1-3-34-25-15-19(12-20(29)28(25)33)27-26-23(30-21-6-4-5-7-22(21)31-27)13-18(14-24(26)32)17-10-8-16(2)9-11-17/h4-12,15,18,27,30-31,33H,3,13-14H2,1-2H3. The van der Waals surface area contributed by atoms with Crippen molar-refractivity contribution >= 4 is 33.1 Å². The van der Waals surface area contributed by atoms with Crippen molar-refractivity contribution in [3.63, 3.8) is 0 Å². The van der Waals surface area contributed by atoms with Crippen molar-refractivity contribution in [2.75, 3.05) is 17.2 Å². The van der Waals surface area contributed by atoms with Gasteiger partial charge in [0, 0.05) is 17.7 Å². The fourth-order valence-electron chi connectivity index (χ4n) is 4.84. The molecule has 2 aliphatic rings. The molecule has 0 radical (unpaired) electrons. The molecule has 3 aromatic rings. The molecule has 34 heavy (non-hydrogen) atoms. The third-order valence-corrected chi connectivity index (χ3v) is 7.15. The number of carbonyl (C=O) groups is 1. The highest BCUT2D eigenvalue weighted by molar-refractivity contribution is 9.10. The number of aryl methyl sites for hydroxylation is 1. The minimum atomic E-state index is -0.381. The van der Waals surface area contributed by atoms with Crippen molar-refractivity contribution in [3.8, 4) is 11.5 Å². The summed E-state index contributed by atoms with van der Waals surface area (Å²) in [5.41, 5.74) is 6.77. The Morgan fingerprint density at radius 1 is 1.03 bits per heavy atom. The minimum absolute atomic E-state index is 0.0568.